The second-order valence-corrected chi connectivity index (χ2v) is 8.03. The average Bonchev–Trinajstić information content (AvgIpc) is 2.86. The Balaban J connectivity index is 1.67. The fourth-order valence-corrected chi connectivity index (χ4v) is 3.49. The number of amides is 2. The van der Waals surface area contributed by atoms with Gasteiger partial charge in [-0.3, -0.25) is 9.59 Å². The minimum absolute atomic E-state index is 0.246. The Labute approximate surface area is 211 Å². The molecule has 0 spiro atoms. The molecule has 0 bridgehead atoms. The largest absolute Gasteiger partial charge is 0.486 e. The zero-order chi connectivity index (χ0) is 27.5. The predicted molar refractivity (Wildman–Crippen MR) is 126 cm³/mol. The predicted octanol–water partition coefficient (Wildman–Crippen LogP) is 6.16. The van der Waals surface area contributed by atoms with Crippen LogP contribution in [0.3, 0.4) is 0 Å². The molecule has 0 atom stereocenters. The quantitative estimate of drug-likeness (QED) is 0.177. The summed E-state index contributed by atoms with van der Waals surface area (Å²) in [5, 5.41) is 4.47. The fraction of sp³-hybridized carbons (Fsp3) is 0.154. The molecule has 6 nitrogen and oxygen atoms in total. The maximum atomic E-state index is 13.1. The van der Waals surface area contributed by atoms with Crippen molar-refractivity contribution < 1.29 is 45.4 Å². The van der Waals surface area contributed by atoms with Crippen molar-refractivity contribution in [3.05, 3.63) is 89.0 Å². The van der Waals surface area contributed by atoms with Gasteiger partial charge in [0.15, 0.2) is 11.5 Å². The van der Waals surface area contributed by atoms with Crippen LogP contribution in [-0.4, -0.2) is 25.0 Å². The Hall–Kier alpha value is -4.48. The van der Waals surface area contributed by atoms with E-state index >= 15 is 0 Å². The van der Waals surface area contributed by atoms with Crippen molar-refractivity contribution in [1.82, 2.24) is 0 Å². The Bertz CT molecular complexity index is 1330. The van der Waals surface area contributed by atoms with Crippen LogP contribution in [0.25, 0.3) is 6.08 Å². The number of benzene rings is 3. The molecule has 0 aliphatic carbocycles. The molecule has 0 fully saturated rings. The number of halogens is 6. The van der Waals surface area contributed by atoms with E-state index in [0.29, 0.717) is 35.8 Å². The second-order valence-electron chi connectivity index (χ2n) is 8.03. The van der Waals surface area contributed by atoms with E-state index in [1.54, 1.807) is 0 Å². The summed E-state index contributed by atoms with van der Waals surface area (Å²) < 4.78 is 89.4. The summed E-state index contributed by atoms with van der Waals surface area (Å²) >= 11 is 0. The Kier molecular flexibility index (Phi) is 7.33. The molecule has 1 aliphatic heterocycles. The van der Waals surface area contributed by atoms with Crippen molar-refractivity contribution in [1.29, 1.82) is 0 Å². The number of nitrogens with one attached hydrogen (secondary N) is 2. The molecule has 0 saturated heterocycles. The molecule has 0 unspecified atom stereocenters. The summed E-state index contributed by atoms with van der Waals surface area (Å²) in [6, 6.07) is 12.0. The van der Waals surface area contributed by atoms with Gasteiger partial charge in [0, 0.05) is 11.4 Å². The van der Waals surface area contributed by atoms with Crippen LogP contribution >= 0.6 is 0 Å². The molecule has 0 saturated carbocycles. The van der Waals surface area contributed by atoms with Crippen LogP contribution in [0.5, 0.6) is 11.5 Å². The van der Waals surface area contributed by atoms with Gasteiger partial charge in [-0.1, -0.05) is 18.2 Å². The molecule has 3 aromatic rings. The topological polar surface area (TPSA) is 76.7 Å². The zero-order valence-corrected chi connectivity index (χ0v) is 19.2. The van der Waals surface area contributed by atoms with Gasteiger partial charge in [0.05, 0.1) is 11.1 Å². The normalized spacial score (nSPS) is 12.9. The molecule has 0 radical (unpaired) electrons. The third kappa shape index (κ3) is 6.44. The van der Waals surface area contributed by atoms with E-state index < -0.39 is 40.9 Å². The van der Waals surface area contributed by atoms with Crippen LogP contribution in [0.15, 0.2) is 72.3 Å². The van der Waals surface area contributed by atoms with Crippen molar-refractivity contribution in [2.24, 2.45) is 0 Å². The first-order valence-corrected chi connectivity index (χ1v) is 11.0. The molecule has 2 amide bonds. The first kappa shape index (κ1) is 26.6. The van der Waals surface area contributed by atoms with E-state index in [0.717, 1.165) is 30.3 Å². The van der Waals surface area contributed by atoms with Gasteiger partial charge in [-0.2, -0.15) is 26.3 Å². The second kappa shape index (κ2) is 10.5. The third-order valence-corrected chi connectivity index (χ3v) is 5.26. The summed E-state index contributed by atoms with van der Waals surface area (Å²) in [6.07, 6.45) is -8.22. The van der Waals surface area contributed by atoms with E-state index in [4.69, 9.17) is 9.47 Å². The van der Waals surface area contributed by atoms with Crippen LogP contribution < -0.4 is 20.1 Å². The minimum Gasteiger partial charge on any atom is -0.486 e. The highest BCUT2D eigenvalue weighted by atomic mass is 19.4. The van der Waals surface area contributed by atoms with Crippen molar-refractivity contribution in [2.75, 3.05) is 23.8 Å². The average molecular weight is 536 g/mol. The van der Waals surface area contributed by atoms with Crippen molar-refractivity contribution in [3.63, 3.8) is 0 Å². The van der Waals surface area contributed by atoms with Crippen LogP contribution in [0.2, 0.25) is 0 Å². The lowest BCUT2D eigenvalue weighted by Crippen LogP contribution is -2.25. The van der Waals surface area contributed by atoms with Crippen molar-refractivity contribution in [2.45, 2.75) is 12.4 Å². The Morgan fingerprint density at radius 2 is 1.18 bits per heavy atom. The molecule has 1 heterocycles. The van der Waals surface area contributed by atoms with E-state index in [2.05, 4.69) is 10.6 Å². The van der Waals surface area contributed by atoms with E-state index in [9.17, 15) is 35.9 Å². The van der Waals surface area contributed by atoms with Gasteiger partial charge >= 0.3 is 12.4 Å². The van der Waals surface area contributed by atoms with Crippen LogP contribution in [0.1, 0.15) is 16.7 Å². The van der Waals surface area contributed by atoms with Crippen LogP contribution in [0, 0.1) is 0 Å². The van der Waals surface area contributed by atoms with E-state index in [-0.39, 0.29) is 18.0 Å². The lowest BCUT2D eigenvalue weighted by molar-refractivity contribution is -0.138. The van der Waals surface area contributed by atoms with Gasteiger partial charge in [0.25, 0.3) is 11.8 Å². The van der Waals surface area contributed by atoms with Crippen LogP contribution in [-0.2, 0) is 21.9 Å². The van der Waals surface area contributed by atoms with Crippen molar-refractivity contribution >= 4 is 29.3 Å². The Morgan fingerprint density at radius 1 is 0.684 bits per heavy atom. The van der Waals surface area contributed by atoms with Gasteiger partial charge in [-0.15, -0.1) is 0 Å². The summed E-state index contributed by atoms with van der Waals surface area (Å²) in [4.78, 5) is 26.1. The minimum atomic E-state index is -4.68. The molecule has 3 aromatic carbocycles. The third-order valence-electron chi connectivity index (χ3n) is 5.26. The lowest BCUT2D eigenvalue weighted by atomic mass is 10.1. The number of fused-ring (bicyclic) bond motifs is 1. The lowest BCUT2D eigenvalue weighted by Gasteiger charge is -2.18. The number of anilines is 2. The summed E-state index contributed by atoms with van der Waals surface area (Å²) in [5.74, 6) is -1.43. The summed E-state index contributed by atoms with van der Waals surface area (Å²) in [7, 11) is 0. The zero-order valence-electron chi connectivity index (χ0n) is 19.2. The molecule has 38 heavy (non-hydrogen) atoms. The van der Waals surface area contributed by atoms with Crippen molar-refractivity contribution in [3.8, 4) is 11.5 Å². The number of carbonyl (C=O) groups is 2. The molecular weight excluding hydrogens is 518 g/mol. The molecule has 0 aromatic heterocycles. The Morgan fingerprint density at radius 3 is 1.68 bits per heavy atom. The number of alkyl halides is 6. The van der Waals surface area contributed by atoms with Gasteiger partial charge in [0.2, 0.25) is 0 Å². The standard InChI is InChI=1S/C26H18F6N2O4/c27-25(28,29)16-3-1-5-18(13-16)33-23(35)20(11-15-7-8-21-22(12-15)38-10-9-37-21)24(36)34-19-6-2-4-17(14-19)26(30,31)32/h1-8,11-14H,9-10H2,(H,33,35)(H,34,36). The summed E-state index contributed by atoms with van der Waals surface area (Å²) in [6.45, 7) is 0.589. The molecule has 4 rings (SSSR count). The van der Waals surface area contributed by atoms with Gasteiger partial charge in [-0.05, 0) is 60.2 Å². The number of hydrogen-bond donors (Lipinski definition) is 2. The first-order valence-electron chi connectivity index (χ1n) is 11.0. The van der Waals surface area contributed by atoms with E-state index in [1.165, 1.54) is 30.3 Å². The molecule has 12 heteroatoms. The number of carbonyl (C=O) groups excluding carboxylic acids is 2. The highest BCUT2D eigenvalue weighted by Gasteiger charge is 2.32. The SMILES string of the molecule is O=C(Nc1cccc(C(F)(F)F)c1)C(=Cc1ccc2c(c1)OCCO2)C(=O)Nc1cccc(C(F)(F)F)c1. The maximum absolute atomic E-state index is 13.1. The molecular formula is C26H18F6N2O4. The monoisotopic (exact) mass is 536 g/mol. The summed E-state index contributed by atoms with van der Waals surface area (Å²) in [5.41, 5.74) is -2.84. The number of hydrogen-bond acceptors (Lipinski definition) is 4. The maximum Gasteiger partial charge on any atom is 0.416 e. The highest BCUT2D eigenvalue weighted by Crippen LogP contribution is 2.33. The molecule has 198 valence electrons. The number of ether oxygens (including phenoxy) is 2. The fourth-order valence-electron chi connectivity index (χ4n) is 3.49. The van der Waals surface area contributed by atoms with E-state index in [1.807, 2.05) is 0 Å². The van der Waals surface area contributed by atoms with Gasteiger partial charge in [-0.25, -0.2) is 0 Å². The number of rotatable bonds is 5. The van der Waals surface area contributed by atoms with Gasteiger partial charge in [0.1, 0.15) is 18.8 Å². The smallest absolute Gasteiger partial charge is 0.416 e. The molecule has 2 N–H and O–H groups in total. The molecule has 1 aliphatic rings. The highest BCUT2D eigenvalue weighted by molar-refractivity contribution is 6.28. The van der Waals surface area contributed by atoms with Crippen LogP contribution in [0.4, 0.5) is 37.7 Å². The van der Waals surface area contributed by atoms with Gasteiger partial charge < -0.3 is 20.1 Å². The first-order chi connectivity index (χ1) is 17.9.